The van der Waals surface area contributed by atoms with Crippen LogP contribution in [0.15, 0.2) is 48.2 Å². The second-order valence-corrected chi connectivity index (χ2v) is 3.24. The molecule has 0 atom stereocenters. The molecule has 80 valence electrons. The second-order valence-electron chi connectivity index (χ2n) is 3.24. The zero-order chi connectivity index (χ0) is 11.1. The van der Waals surface area contributed by atoms with Crippen molar-refractivity contribution in [2.24, 2.45) is 5.73 Å². The van der Waals surface area contributed by atoms with E-state index in [9.17, 15) is 0 Å². The first-order valence-corrected chi connectivity index (χ1v) is 5.58. The number of hydrogen-bond acceptors (Lipinski definition) is 1. The van der Waals surface area contributed by atoms with Crippen molar-refractivity contribution in [3.8, 4) is 0 Å². The summed E-state index contributed by atoms with van der Waals surface area (Å²) < 4.78 is 0. The largest absolute Gasteiger partial charge is 0.398 e. The molecule has 1 nitrogen and oxygen atoms in total. The predicted octanol–water partition coefficient (Wildman–Crippen LogP) is 3.73. The molecule has 0 saturated carbocycles. The first-order chi connectivity index (χ1) is 7.38. The molecule has 2 rings (SSSR count). The van der Waals surface area contributed by atoms with E-state index in [0.717, 1.165) is 18.5 Å². The quantitative estimate of drug-likeness (QED) is 0.736. The molecule has 0 heterocycles. The van der Waals surface area contributed by atoms with E-state index in [2.05, 4.69) is 18.2 Å². The molecule has 0 unspecified atom stereocenters. The van der Waals surface area contributed by atoms with Crippen molar-refractivity contribution in [2.75, 3.05) is 0 Å². The maximum Gasteiger partial charge on any atom is 0.0349 e. The van der Waals surface area contributed by atoms with Gasteiger partial charge in [0.2, 0.25) is 0 Å². The van der Waals surface area contributed by atoms with E-state index < -0.39 is 0 Å². The maximum absolute atomic E-state index is 5.90. The Morgan fingerprint density at radius 2 is 1.73 bits per heavy atom. The number of nitrogens with two attached hydrogens (primary N) is 1. The lowest BCUT2D eigenvalue weighted by molar-refractivity contribution is 1.03. The van der Waals surface area contributed by atoms with Crippen LogP contribution in [0.3, 0.4) is 0 Å². The lowest BCUT2D eigenvalue weighted by atomic mass is 9.95. The third-order valence-electron chi connectivity index (χ3n) is 2.33. The molecule has 0 aliphatic heterocycles. The zero-order valence-corrected chi connectivity index (χ0v) is 9.53. The van der Waals surface area contributed by atoms with Gasteiger partial charge in [-0.2, -0.15) is 0 Å². The van der Waals surface area contributed by atoms with E-state index in [0.29, 0.717) is 0 Å². The molecule has 1 heteroatoms. The number of benzene rings is 1. The monoisotopic (exact) mass is 201 g/mol. The van der Waals surface area contributed by atoms with E-state index >= 15 is 0 Å². The van der Waals surface area contributed by atoms with E-state index in [4.69, 9.17) is 5.73 Å². The highest BCUT2D eigenvalue weighted by molar-refractivity contribution is 5.71. The average Bonchev–Trinajstić information content (AvgIpc) is 2.33. The van der Waals surface area contributed by atoms with Gasteiger partial charge in [-0.15, -0.1) is 0 Å². The van der Waals surface area contributed by atoms with Crippen LogP contribution in [0.2, 0.25) is 0 Å². The van der Waals surface area contributed by atoms with Gasteiger partial charge in [0.15, 0.2) is 0 Å². The fourth-order valence-electron chi connectivity index (χ4n) is 1.63. The molecule has 1 aliphatic rings. The van der Waals surface area contributed by atoms with Crippen molar-refractivity contribution < 1.29 is 0 Å². The van der Waals surface area contributed by atoms with Gasteiger partial charge in [0.25, 0.3) is 0 Å². The molecule has 0 fully saturated rings. The van der Waals surface area contributed by atoms with Gasteiger partial charge in [-0.1, -0.05) is 50.3 Å². The Hall–Kier alpha value is -1.50. The van der Waals surface area contributed by atoms with Crippen molar-refractivity contribution in [3.63, 3.8) is 0 Å². The van der Waals surface area contributed by atoms with Gasteiger partial charge in [0, 0.05) is 5.70 Å². The van der Waals surface area contributed by atoms with Gasteiger partial charge in [0.05, 0.1) is 0 Å². The Morgan fingerprint density at radius 1 is 1.07 bits per heavy atom. The summed E-state index contributed by atoms with van der Waals surface area (Å²) in [7, 11) is 0. The SMILES string of the molecule is CC.NC1=C(c2ccccc2)CCC=C1. The van der Waals surface area contributed by atoms with Crippen LogP contribution in [0.1, 0.15) is 32.3 Å². The second kappa shape index (κ2) is 6.07. The average molecular weight is 201 g/mol. The van der Waals surface area contributed by atoms with Crippen LogP contribution in [0, 0.1) is 0 Å². The van der Waals surface area contributed by atoms with Gasteiger partial charge < -0.3 is 5.73 Å². The molecule has 0 aromatic heterocycles. The normalized spacial score (nSPS) is 14.5. The molecular formula is C14H19N. The van der Waals surface area contributed by atoms with Gasteiger partial charge >= 0.3 is 0 Å². The minimum Gasteiger partial charge on any atom is -0.398 e. The van der Waals surface area contributed by atoms with Crippen molar-refractivity contribution >= 4 is 5.57 Å². The Labute approximate surface area is 92.3 Å². The Kier molecular flexibility index (Phi) is 4.69. The topological polar surface area (TPSA) is 26.0 Å². The molecule has 1 aromatic rings. The first kappa shape index (κ1) is 11.6. The molecule has 15 heavy (non-hydrogen) atoms. The third-order valence-corrected chi connectivity index (χ3v) is 2.33. The van der Waals surface area contributed by atoms with E-state index in [1.807, 2.05) is 38.1 Å². The van der Waals surface area contributed by atoms with Crippen LogP contribution in [-0.2, 0) is 0 Å². The van der Waals surface area contributed by atoms with E-state index in [-0.39, 0.29) is 0 Å². The summed E-state index contributed by atoms with van der Waals surface area (Å²) in [6, 6.07) is 10.4. The Balaban J connectivity index is 0.000000531. The first-order valence-electron chi connectivity index (χ1n) is 5.58. The Morgan fingerprint density at radius 3 is 2.33 bits per heavy atom. The highest BCUT2D eigenvalue weighted by Gasteiger charge is 2.06. The molecule has 1 aromatic carbocycles. The predicted molar refractivity (Wildman–Crippen MR) is 67.3 cm³/mol. The minimum absolute atomic E-state index is 0.914. The van der Waals surface area contributed by atoms with Crippen LogP contribution in [0.5, 0.6) is 0 Å². The van der Waals surface area contributed by atoms with Crippen molar-refractivity contribution in [1.29, 1.82) is 0 Å². The number of hydrogen-bond donors (Lipinski definition) is 1. The molecule has 1 aliphatic carbocycles. The summed E-state index contributed by atoms with van der Waals surface area (Å²) in [4.78, 5) is 0. The molecule has 0 amide bonds. The fraction of sp³-hybridized carbons (Fsp3) is 0.286. The van der Waals surface area contributed by atoms with Gasteiger partial charge in [-0.05, 0) is 30.1 Å². The Bertz CT molecular complexity index is 347. The smallest absolute Gasteiger partial charge is 0.0349 e. The van der Waals surface area contributed by atoms with Crippen LogP contribution in [0.25, 0.3) is 5.57 Å². The van der Waals surface area contributed by atoms with E-state index in [1.54, 1.807) is 0 Å². The highest BCUT2D eigenvalue weighted by Crippen LogP contribution is 2.25. The summed E-state index contributed by atoms with van der Waals surface area (Å²) in [5.74, 6) is 0. The lowest BCUT2D eigenvalue weighted by Crippen LogP contribution is -2.02. The summed E-state index contributed by atoms with van der Waals surface area (Å²) in [6.45, 7) is 4.00. The minimum atomic E-state index is 0.914. The number of rotatable bonds is 1. The molecule has 0 bridgehead atoms. The van der Waals surface area contributed by atoms with Gasteiger partial charge in [0.1, 0.15) is 0 Å². The zero-order valence-electron chi connectivity index (χ0n) is 9.53. The van der Waals surface area contributed by atoms with E-state index in [1.165, 1.54) is 11.1 Å². The third kappa shape index (κ3) is 2.98. The van der Waals surface area contributed by atoms with Crippen molar-refractivity contribution in [1.82, 2.24) is 0 Å². The summed E-state index contributed by atoms with van der Waals surface area (Å²) in [5.41, 5.74) is 9.35. The van der Waals surface area contributed by atoms with Crippen LogP contribution in [-0.4, -0.2) is 0 Å². The van der Waals surface area contributed by atoms with Crippen LogP contribution >= 0.6 is 0 Å². The van der Waals surface area contributed by atoms with Crippen molar-refractivity contribution in [3.05, 3.63) is 53.7 Å². The summed E-state index contributed by atoms with van der Waals surface area (Å²) in [5, 5.41) is 0. The lowest BCUT2D eigenvalue weighted by Gasteiger charge is -2.12. The van der Waals surface area contributed by atoms with Gasteiger partial charge in [-0.3, -0.25) is 0 Å². The van der Waals surface area contributed by atoms with Gasteiger partial charge in [-0.25, -0.2) is 0 Å². The molecule has 0 saturated heterocycles. The molecule has 2 N–H and O–H groups in total. The number of allylic oxidation sites excluding steroid dienone is 3. The summed E-state index contributed by atoms with van der Waals surface area (Å²) >= 11 is 0. The maximum atomic E-state index is 5.90. The van der Waals surface area contributed by atoms with Crippen LogP contribution in [0.4, 0.5) is 0 Å². The fourth-order valence-corrected chi connectivity index (χ4v) is 1.63. The summed E-state index contributed by atoms with van der Waals surface area (Å²) in [6.07, 6.45) is 6.30. The molecule has 0 radical (unpaired) electrons. The van der Waals surface area contributed by atoms with Crippen molar-refractivity contribution in [2.45, 2.75) is 26.7 Å². The van der Waals surface area contributed by atoms with Crippen LogP contribution < -0.4 is 5.73 Å². The molecular weight excluding hydrogens is 182 g/mol. The highest BCUT2D eigenvalue weighted by atomic mass is 14.6. The molecule has 0 spiro atoms. The standard InChI is InChI=1S/C12H13N.C2H6/c13-12-9-5-4-8-11(12)10-6-2-1-3-7-10;1-2/h1-3,5-7,9H,4,8,13H2;1-2H3.